The monoisotopic (exact) mass is 337 g/mol. The molecule has 2 aliphatic rings. The van der Waals surface area contributed by atoms with Gasteiger partial charge in [0.15, 0.2) is 5.96 Å². The van der Waals surface area contributed by atoms with Gasteiger partial charge in [-0.25, -0.2) is 0 Å². The number of likely N-dealkylation sites (N-methyl/N-ethyl adjacent to an activating group) is 1. The minimum Gasteiger partial charge on any atom is -0.357 e. The summed E-state index contributed by atoms with van der Waals surface area (Å²) in [6, 6.07) is 1.12. The number of guanidine groups is 1. The van der Waals surface area contributed by atoms with E-state index in [1.807, 2.05) is 0 Å². The Morgan fingerprint density at radius 3 is 2.33 bits per heavy atom. The van der Waals surface area contributed by atoms with Crippen molar-refractivity contribution in [2.45, 2.75) is 65.5 Å². The molecular weight excluding hydrogens is 298 g/mol. The lowest BCUT2D eigenvalue weighted by atomic mass is 9.87. The maximum absolute atomic E-state index is 4.88. The summed E-state index contributed by atoms with van der Waals surface area (Å²) in [7, 11) is 0. The van der Waals surface area contributed by atoms with E-state index in [4.69, 9.17) is 4.99 Å². The highest BCUT2D eigenvalue weighted by atomic mass is 15.3. The highest BCUT2D eigenvalue weighted by Gasteiger charge is 2.21. The Labute approximate surface area is 149 Å². The Hall–Kier alpha value is -0.810. The minimum atomic E-state index is 0.519. The Morgan fingerprint density at radius 1 is 1.08 bits per heavy atom. The molecule has 0 radical (unpaired) electrons. The molecular formula is C19H39N5. The zero-order chi connectivity index (χ0) is 17.4. The molecule has 0 aromatic heterocycles. The van der Waals surface area contributed by atoms with Gasteiger partial charge in [-0.05, 0) is 52.0 Å². The van der Waals surface area contributed by atoms with Crippen molar-refractivity contribution in [1.29, 1.82) is 0 Å². The second kappa shape index (κ2) is 10.2. The van der Waals surface area contributed by atoms with Gasteiger partial charge in [-0.1, -0.05) is 13.8 Å². The molecule has 0 bridgehead atoms. The van der Waals surface area contributed by atoms with Crippen molar-refractivity contribution in [2.75, 3.05) is 45.8 Å². The second-order valence-corrected chi connectivity index (χ2v) is 7.64. The Bertz CT molecular complexity index is 368. The van der Waals surface area contributed by atoms with Crippen LogP contribution in [0.15, 0.2) is 4.99 Å². The van der Waals surface area contributed by atoms with Crippen LogP contribution in [0, 0.1) is 5.92 Å². The van der Waals surface area contributed by atoms with Crippen molar-refractivity contribution in [3.63, 3.8) is 0 Å². The standard InChI is InChI=1S/C19H39N5/c1-5-20-19(22-18-9-7-16(3)8-10-18)21-15-17(4)24-13-11-23(6-2)12-14-24/h16-18H,5-15H2,1-4H3,(H2,20,21,22). The normalized spacial score (nSPS) is 28.6. The van der Waals surface area contributed by atoms with E-state index in [2.05, 4.69) is 48.1 Å². The number of nitrogens with one attached hydrogen (secondary N) is 2. The van der Waals surface area contributed by atoms with Crippen molar-refractivity contribution >= 4 is 5.96 Å². The summed E-state index contributed by atoms with van der Waals surface area (Å²) in [5, 5.41) is 7.09. The van der Waals surface area contributed by atoms with Crippen molar-refractivity contribution in [3.05, 3.63) is 0 Å². The highest BCUT2D eigenvalue weighted by Crippen LogP contribution is 2.23. The molecule has 2 N–H and O–H groups in total. The third-order valence-corrected chi connectivity index (χ3v) is 5.69. The van der Waals surface area contributed by atoms with Crippen molar-refractivity contribution in [1.82, 2.24) is 20.4 Å². The maximum atomic E-state index is 4.88. The summed E-state index contributed by atoms with van der Waals surface area (Å²) < 4.78 is 0. The van der Waals surface area contributed by atoms with Gasteiger partial charge in [0.2, 0.25) is 0 Å². The summed E-state index contributed by atoms with van der Waals surface area (Å²) in [6.07, 6.45) is 5.24. The topological polar surface area (TPSA) is 42.9 Å². The van der Waals surface area contributed by atoms with Crippen LogP contribution in [0.5, 0.6) is 0 Å². The van der Waals surface area contributed by atoms with E-state index in [0.29, 0.717) is 12.1 Å². The first-order valence-corrected chi connectivity index (χ1v) is 10.1. The summed E-state index contributed by atoms with van der Waals surface area (Å²) >= 11 is 0. The fraction of sp³-hybridized carbons (Fsp3) is 0.947. The molecule has 1 aliphatic heterocycles. The van der Waals surface area contributed by atoms with Crippen LogP contribution >= 0.6 is 0 Å². The first-order chi connectivity index (χ1) is 11.6. The van der Waals surface area contributed by atoms with Gasteiger partial charge in [-0.15, -0.1) is 0 Å². The molecule has 1 atom stereocenters. The Balaban J connectivity index is 1.79. The molecule has 5 nitrogen and oxygen atoms in total. The van der Waals surface area contributed by atoms with Crippen LogP contribution in [0.4, 0.5) is 0 Å². The number of piperazine rings is 1. The fourth-order valence-corrected chi connectivity index (χ4v) is 3.78. The molecule has 1 unspecified atom stereocenters. The van der Waals surface area contributed by atoms with Gasteiger partial charge in [-0.3, -0.25) is 9.89 Å². The molecule has 2 fully saturated rings. The minimum absolute atomic E-state index is 0.519. The zero-order valence-electron chi connectivity index (χ0n) is 16.4. The molecule has 0 aromatic rings. The quantitative estimate of drug-likeness (QED) is 0.576. The van der Waals surface area contributed by atoms with Gasteiger partial charge in [0.05, 0.1) is 6.54 Å². The molecule has 24 heavy (non-hydrogen) atoms. The zero-order valence-corrected chi connectivity index (χ0v) is 16.4. The number of rotatable bonds is 6. The molecule has 1 saturated heterocycles. The van der Waals surface area contributed by atoms with Crippen LogP contribution in [0.3, 0.4) is 0 Å². The number of nitrogens with zero attached hydrogens (tertiary/aromatic N) is 3. The highest BCUT2D eigenvalue weighted by molar-refractivity contribution is 5.80. The lowest BCUT2D eigenvalue weighted by Crippen LogP contribution is -2.50. The van der Waals surface area contributed by atoms with Crippen molar-refractivity contribution < 1.29 is 0 Å². The molecule has 1 aliphatic carbocycles. The molecule has 1 saturated carbocycles. The predicted octanol–water partition coefficient (Wildman–Crippen LogP) is 2.15. The van der Waals surface area contributed by atoms with E-state index in [1.165, 1.54) is 58.4 Å². The second-order valence-electron chi connectivity index (χ2n) is 7.64. The van der Waals surface area contributed by atoms with E-state index in [1.54, 1.807) is 0 Å². The lowest BCUT2D eigenvalue weighted by molar-refractivity contribution is 0.109. The van der Waals surface area contributed by atoms with Crippen LogP contribution in [-0.2, 0) is 0 Å². The van der Waals surface area contributed by atoms with E-state index in [-0.39, 0.29) is 0 Å². The SMILES string of the molecule is CCNC(=NCC(C)N1CCN(CC)CC1)NC1CCC(C)CC1. The lowest BCUT2D eigenvalue weighted by Gasteiger charge is -2.37. The summed E-state index contributed by atoms with van der Waals surface area (Å²) in [4.78, 5) is 9.99. The van der Waals surface area contributed by atoms with Gasteiger partial charge in [-0.2, -0.15) is 0 Å². The number of hydrogen-bond donors (Lipinski definition) is 2. The smallest absolute Gasteiger partial charge is 0.191 e. The molecule has 0 aromatic carbocycles. The van der Waals surface area contributed by atoms with E-state index in [9.17, 15) is 0 Å². The first-order valence-electron chi connectivity index (χ1n) is 10.1. The molecule has 5 heteroatoms. The third kappa shape index (κ3) is 6.25. The fourth-order valence-electron chi connectivity index (χ4n) is 3.78. The van der Waals surface area contributed by atoms with E-state index >= 15 is 0 Å². The van der Waals surface area contributed by atoms with Crippen LogP contribution in [-0.4, -0.2) is 73.7 Å². The molecule has 140 valence electrons. The van der Waals surface area contributed by atoms with Crippen LogP contribution in [0.2, 0.25) is 0 Å². The van der Waals surface area contributed by atoms with Gasteiger partial charge in [0, 0.05) is 44.8 Å². The predicted molar refractivity (Wildman–Crippen MR) is 104 cm³/mol. The molecule has 1 heterocycles. The molecule has 0 amide bonds. The van der Waals surface area contributed by atoms with Gasteiger partial charge >= 0.3 is 0 Å². The number of hydrogen-bond acceptors (Lipinski definition) is 3. The summed E-state index contributed by atoms with van der Waals surface area (Å²) in [6.45, 7) is 16.8. The summed E-state index contributed by atoms with van der Waals surface area (Å²) in [5.41, 5.74) is 0. The molecule has 0 spiro atoms. The third-order valence-electron chi connectivity index (χ3n) is 5.69. The average molecular weight is 338 g/mol. The van der Waals surface area contributed by atoms with E-state index in [0.717, 1.165) is 25.0 Å². The Morgan fingerprint density at radius 2 is 1.75 bits per heavy atom. The Kier molecular flexibility index (Phi) is 8.33. The van der Waals surface area contributed by atoms with Crippen molar-refractivity contribution in [2.24, 2.45) is 10.9 Å². The van der Waals surface area contributed by atoms with Gasteiger partial charge < -0.3 is 15.5 Å². The largest absolute Gasteiger partial charge is 0.357 e. The first kappa shape index (κ1) is 19.5. The van der Waals surface area contributed by atoms with E-state index < -0.39 is 0 Å². The van der Waals surface area contributed by atoms with Crippen molar-refractivity contribution in [3.8, 4) is 0 Å². The summed E-state index contributed by atoms with van der Waals surface area (Å²) in [5.74, 6) is 1.90. The van der Waals surface area contributed by atoms with Gasteiger partial charge in [0.25, 0.3) is 0 Å². The molecule has 2 rings (SSSR count). The van der Waals surface area contributed by atoms with Gasteiger partial charge in [0.1, 0.15) is 0 Å². The van der Waals surface area contributed by atoms with Crippen LogP contribution in [0.25, 0.3) is 0 Å². The number of aliphatic imine (C=N–C) groups is 1. The maximum Gasteiger partial charge on any atom is 0.191 e. The van der Waals surface area contributed by atoms with Crippen LogP contribution in [0.1, 0.15) is 53.4 Å². The van der Waals surface area contributed by atoms with Crippen LogP contribution < -0.4 is 10.6 Å². The average Bonchev–Trinajstić information content (AvgIpc) is 2.61.